The van der Waals surface area contributed by atoms with Crippen molar-refractivity contribution >= 4 is 46.6 Å². The van der Waals surface area contributed by atoms with E-state index in [0.29, 0.717) is 39.6 Å². The maximum absolute atomic E-state index is 12.9. The summed E-state index contributed by atoms with van der Waals surface area (Å²) in [5, 5.41) is 3.88. The lowest BCUT2D eigenvalue weighted by Crippen LogP contribution is -2.30. The Balaban J connectivity index is 1.53. The molecule has 7 heteroatoms. The molecule has 1 aliphatic rings. The predicted molar refractivity (Wildman–Crippen MR) is 126 cm³/mol. The number of anilines is 1. The Morgan fingerprint density at radius 1 is 1.03 bits per heavy atom. The largest absolute Gasteiger partial charge is 0.493 e. The average Bonchev–Trinajstić information content (AvgIpc) is 3.07. The molecule has 4 rings (SSSR count). The van der Waals surface area contributed by atoms with Crippen molar-refractivity contribution in [3.05, 3.63) is 94.6 Å². The Kier molecular flexibility index (Phi) is 6.21. The molecule has 3 aromatic carbocycles. The Morgan fingerprint density at radius 2 is 1.77 bits per heavy atom. The van der Waals surface area contributed by atoms with E-state index >= 15 is 0 Å². The van der Waals surface area contributed by atoms with Crippen molar-refractivity contribution in [3.63, 3.8) is 0 Å². The first-order valence-electron chi connectivity index (χ1n) is 9.52. The third-order valence-corrected chi connectivity index (χ3v) is 5.24. The molecule has 3 aromatic rings. The van der Waals surface area contributed by atoms with Crippen molar-refractivity contribution in [3.8, 4) is 11.5 Å². The number of hydrogen-bond donors (Lipinski definition) is 1. The topological polar surface area (TPSA) is 50.8 Å². The van der Waals surface area contributed by atoms with Crippen LogP contribution in [0.4, 0.5) is 5.69 Å². The summed E-state index contributed by atoms with van der Waals surface area (Å²) in [6.45, 7) is 0.433. The van der Waals surface area contributed by atoms with Gasteiger partial charge in [-0.25, -0.2) is 0 Å². The summed E-state index contributed by atoms with van der Waals surface area (Å²) in [4.78, 5) is 14.3. The normalized spacial score (nSPS) is 14.6. The van der Waals surface area contributed by atoms with Crippen molar-refractivity contribution < 1.29 is 14.3 Å². The second-order valence-electron chi connectivity index (χ2n) is 6.79. The van der Waals surface area contributed by atoms with Gasteiger partial charge >= 0.3 is 0 Å². The van der Waals surface area contributed by atoms with Gasteiger partial charge in [-0.15, -0.1) is 0 Å². The van der Waals surface area contributed by atoms with Gasteiger partial charge in [0.15, 0.2) is 16.6 Å². The van der Waals surface area contributed by atoms with Crippen LogP contribution in [0.5, 0.6) is 11.5 Å². The molecule has 5 nitrogen and oxygen atoms in total. The third-order valence-electron chi connectivity index (χ3n) is 4.70. The zero-order chi connectivity index (χ0) is 21.8. The van der Waals surface area contributed by atoms with Crippen LogP contribution in [-0.4, -0.2) is 18.1 Å². The van der Waals surface area contributed by atoms with Gasteiger partial charge in [0.05, 0.1) is 12.8 Å². The smallest absolute Gasteiger partial charge is 0.281 e. The van der Waals surface area contributed by atoms with E-state index in [1.165, 1.54) is 4.90 Å². The Bertz CT molecular complexity index is 1150. The zero-order valence-electron chi connectivity index (χ0n) is 16.7. The van der Waals surface area contributed by atoms with Crippen LogP contribution in [0.25, 0.3) is 6.08 Å². The molecule has 0 spiro atoms. The summed E-state index contributed by atoms with van der Waals surface area (Å²) in [7, 11) is 1.58. The van der Waals surface area contributed by atoms with Crippen LogP contribution in [0.15, 0.2) is 78.5 Å². The summed E-state index contributed by atoms with van der Waals surface area (Å²) in [5.74, 6) is 0.959. The molecule has 156 valence electrons. The first-order valence-corrected chi connectivity index (χ1v) is 10.3. The highest BCUT2D eigenvalue weighted by Crippen LogP contribution is 2.30. The molecule has 1 heterocycles. The predicted octanol–water partition coefficient (Wildman–Crippen LogP) is 5.19. The molecule has 1 saturated heterocycles. The minimum Gasteiger partial charge on any atom is -0.493 e. The number of halogens is 1. The summed E-state index contributed by atoms with van der Waals surface area (Å²) in [6, 6.07) is 22.3. The van der Waals surface area contributed by atoms with Crippen LogP contribution >= 0.6 is 23.8 Å². The highest BCUT2D eigenvalue weighted by atomic mass is 35.5. The van der Waals surface area contributed by atoms with Gasteiger partial charge in [-0.2, -0.15) is 0 Å². The van der Waals surface area contributed by atoms with Gasteiger partial charge < -0.3 is 14.8 Å². The van der Waals surface area contributed by atoms with Crippen LogP contribution in [0.3, 0.4) is 0 Å². The molecule has 1 N–H and O–H groups in total. The minimum atomic E-state index is -0.240. The van der Waals surface area contributed by atoms with Crippen molar-refractivity contribution in [2.24, 2.45) is 0 Å². The Morgan fingerprint density at radius 3 is 2.48 bits per heavy atom. The molecule has 1 fully saturated rings. The number of nitrogens with one attached hydrogen (secondary N) is 1. The number of rotatable bonds is 6. The number of thiocarbonyl (C=S) groups is 1. The second-order valence-corrected chi connectivity index (χ2v) is 7.61. The van der Waals surface area contributed by atoms with Crippen molar-refractivity contribution in [1.29, 1.82) is 0 Å². The van der Waals surface area contributed by atoms with Gasteiger partial charge in [-0.1, -0.05) is 48.0 Å². The highest BCUT2D eigenvalue weighted by Gasteiger charge is 2.31. The Hall–Kier alpha value is -3.35. The van der Waals surface area contributed by atoms with Crippen LogP contribution in [0, 0.1) is 0 Å². The minimum absolute atomic E-state index is 0.240. The standard InChI is InChI=1S/C24H19ClN2O3S/c1-29-22-14-17(7-12-21(22)30-15-16-5-3-2-4-6-16)13-20-23(28)27(24(31)26-20)19-10-8-18(25)9-11-19/h2-14H,15H2,1H3,(H,26,31)/b20-13-. The fourth-order valence-corrected chi connectivity index (χ4v) is 3.58. The lowest BCUT2D eigenvalue weighted by Gasteiger charge is -2.13. The molecule has 0 aliphatic carbocycles. The monoisotopic (exact) mass is 450 g/mol. The summed E-state index contributed by atoms with van der Waals surface area (Å²) < 4.78 is 11.4. The van der Waals surface area contributed by atoms with Crippen molar-refractivity contribution in [2.45, 2.75) is 6.61 Å². The fraction of sp³-hybridized carbons (Fsp3) is 0.0833. The molecule has 31 heavy (non-hydrogen) atoms. The number of nitrogens with zero attached hydrogens (tertiary/aromatic N) is 1. The van der Waals surface area contributed by atoms with Crippen molar-refractivity contribution in [2.75, 3.05) is 12.0 Å². The lowest BCUT2D eigenvalue weighted by molar-refractivity contribution is -0.113. The van der Waals surface area contributed by atoms with E-state index < -0.39 is 0 Å². The number of carbonyl (C=O) groups is 1. The molecule has 1 aliphatic heterocycles. The zero-order valence-corrected chi connectivity index (χ0v) is 18.2. The molecular weight excluding hydrogens is 432 g/mol. The molecule has 0 saturated carbocycles. The van der Waals surface area contributed by atoms with Crippen LogP contribution in [0.1, 0.15) is 11.1 Å². The number of ether oxygens (including phenoxy) is 2. The molecule has 1 amide bonds. The van der Waals surface area contributed by atoms with E-state index in [0.717, 1.165) is 11.1 Å². The molecule has 0 radical (unpaired) electrons. The van der Waals surface area contributed by atoms with E-state index in [4.69, 9.17) is 33.3 Å². The van der Waals surface area contributed by atoms with E-state index in [1.54, 1.807) is 37.5 Å². The quantitative estimate of drug-likeness (QED) is 0.413. The number of benzene rings is 3. The van der Waals surface area contributed by atoms with E-state index in [2.05, 4.69) is 5.32 Å². The summed E-state index contributed by atoms with van der Waals surface area (Å²) >= 11 is 11.3. The highest BCUT2D eigenvalue weighted by molar-refractivity contribution is 7.80. The first kappa shape index (κ1) is 20.9. The Labute approximate surface area is 190 Å². The van der Waals surface area contributed by atoms with Gasteiger partial charge in [0.25, 0.3) is 5.91 Å². The first-order chi connectivity index (χ1) is 15.0. The van der Waals surface area contributed by atoms with Gasteiger partial charge in [0.1, 0.15) is 12.3 Å². The maximum atomic E-state index is 12.9. The van der Waals surface area contributed by atoms with Crippen LogP contribution in [0.2, 0.25) is 5.02 Å². The van der Waals surface area contributed by atoms with Crippen molar-refractivity contribution in [1.82, 2.24) is 5.32 Å². The number of amides is 1. The van der Waals surface area contributed by atoms with Gasteiger partial charge in [-0.3, -0.25) is 9.69 Å². The summed E-state index contributed by atoms with van der Waals surface area (Å²) in [5.41, 5.74) is 2.87. The van der Waals surface area contributed by atoms with Crippen LogP contribution < -0.4 is 19.7 Å². The number of hydrogen-bond acceptors (Lipinski definition) is 4. The lowest BCUT2D eigenvalue weighted by atomic mass is 10.1. The fourth-order valence-electron chi connectivity index (χ4n) is 3.15. The van der Waals surface area contributed by atoms with E-state index in [-0.39, 0.29) is 5.91 Å². The van der Waals surface area contributed by atoms with Gasteiger partial charge in [0.2, 0.25) is 0 Å². The number of methoxy groups -OCH3 is 1. The van der Waals surface area contributed by atoms with Crippen LogP contribution in [-0.2, 0) is 11.4 Å². The van der Waals surface area contributed by atoms with Gasteiger partial charge in [-0.05, 0) is 65.8 Å². The molecule has 0 unspecified atom stereocenters. The maximum Gasteiger partial charge on any atom is 0.281 e. The van der Waals surface area contributed by atoms with E-state index in [9.17, 15) is 4.79 Å². The molecule has 0 aromatic heterocycles. The third kappa shape index (κ3) is 4.71. The molecule has 0 bridgehead atoms. The summed E-state index contributed by atoms with van der Waals surface area (Å²) in [6.07, 6.45) is 1.73. The van der Waals surface area contributed by atoms with Gasteiger partial charge in [0, 0.05) is 5.02 Å². The van der Waals surface area contributed by atoms with E-state index in [1.807, 2.05) is 48.5 Å². The molecule has 0 atom stereocenters. The SMILES string of the molecule is COc1cc(/C=C2\NC(=S)N(c3ccc(Cl)cc3)C2=O)ccc1OCc1ccccc1. The number of carbonyl (C=O) groups excluding carboxylic acids is 1. The molecular formula is C24H19ClN2O3S. The average molecular weight is 451 g/mol. The second kappa shape index (κ2) is 9.20.